The van der Waals surface area contributed by atoms with Gasteiger partial charge in [-0.25, -0.2) is 8.42 Å². The second-order valence-electron chi connectivity index (χ2n) is 5.31. The average molecular weight is 309 g/mol. The van der Waals surface area contributed by atoms with Gasteiger partial charge >= 0.3 is 0 Å². The summed E-state index contributed by atoms with van der Waals surface area (Å²) in [6, 6.07) is 0. The van der Waals surface area contributed by atoms with Gasteiger partial charge in [0.1, 0.15) is 0 Å². The van der Waals surface area contributed by atoms with Crippen molar-refractivity contribution in [3.8, 4) is 0 Å². The normalized spacial score (nSPS) is 19.4. The maximum Gasteiger partial charge on any atom is 0.158 e. The van der Waals surface area contributed by atoms with Gasteiger partial charge in [-0.3, -0.25) is 0 Å². The van der Waals surface area contributed by atoms with E-state index in [4.69, 9.17) is 14.2 Å². The van der Waals surface area contributed by atoms with Crippen molar-refractivity contribution in [3.05, 3.63) is 0 Å². The topological polar surface area (TPSA) is 65.1 Å². The highest BCUT2D eigenvalue weighted by Crippen LogP contribution is 2.10. The van der Waals surface area contributed by atoms with Gasteiger partial charge in [0.05, 0.1) is 25.1 Å². The van der Waals surface area contributed by atoms with Crippen LogP contribution in [-0.2, 0) is 24.0 Å². The van der Waals surface area contributed by atoms with Gasteiger partial charge in [-0.15, -0.1) is 0 Å². The Morgan fingerprint density at radius 3 is 2.50 bits per heavy atom. The minimum atomic E-state index is -3.06. The average Bonchev–Trinajstić information content (AvgIpc) is 2.41. The fourth-order valence-corrected chi connectivity index (χ4v) is 3.03. The van der Waals surface area contributed by atoms with E-state index in [1.54, 1.807) is 0 Å². The molecule has 0 saturated carbocycles. The van der Waals surface area contributed by atoms with Crippen LogP contribution in [0.15, 0.2) is 0 Å². The highest BCUT2D eigenvalue weighted by Gasteiger charge is 2.21. The van der Waals surface area contributed by atoms with Crippen LogP contribution in [0.4, 0.5) is 0 Å². The monoisotopic (exact) mass is 309 g/mol. The number of hydrogen-bond acceptors (Lipinski definition) is 6. The lowest BCUT2D eigenvalue weighted by atomic mass is 10.3. The molecule has 0 aromatic carbocycles. The van der Waals surface area contributed by atoms with Gasteiger partial charge in [-0.05, 0) is 26.4 Å². The van der Waals surface area contributed by atoms with Gasteiger partial charge in [-0.1, -0.05) is 0 Å². The maximum atomic E-state index is 11.6. The molecule has 1 atom stereocenters. The van der Waals surface area contributed by atoms with Crippen molar-refractivity contribution >= 4 is 9.84 Å². The standard InChI is InChI=1S/C13H27NO5S/c1-14(8-6-13-18-9-4-10-19-13)7-5-12(11-17-2)20(3,15)16/h12-13H,4-11H2,1-3H3. The Morgan fingerprint density at radius 2 is 1.95 bits per heavy atom. The van der Waals surface area contributed by atoms with Gasteiger partial charge in [0, 0.05) is 26.3 Å². The highest BCUT2D eigenvalue weighted by atomic mass is 32.2. The van der Waals surface area contributed by atoms with Crippen LogP contribution in [-0.4, -0.2) is 78.2 Å². The van der Waals surface area contributed by atoms with E-state index in [1.807, 2.05) is 7.05 Å². The summed E-state index contributed by atoms with van der Waals surface area (Å²) >= 11 is 0. The minimum absolute atomic E-state index is 0.115. The molecule has 0 amide bonds. The molecule has 0 aliphatic carbocycles. The van der Waals surface area contributed by atoms with Crippen molar-refractivity contribution in [1.29, 1.82) is 0 Å². The third-order valence-electron chi connectivity index (χ3n) is 3.43. The molecule has 0 N–H and O–H groups in total. The van der Waals surface area contributed by atoms with E-state index in [2.05, 4.69) is 4.90 Å². The van der Waals surface area contributed by atoms with Crippen LogP contribution in [0, 0.1) is 0 Å². The quantitative estimate of drug-likeness (QED) is 0.619. The zero-order chi connectivity index (χ0) is 15.0. The number of hydrogen-bond donors (Lipinski definition) is 0. The fourth-order valence-electron chi connectivity index (χ4n) is 2.11. The molecule has 1 aliphatic rings. The molecule has 6 nitrogen and oxygen atoms in total. The van der Waals surface area contributed by atoms with Crippen LogP contribution < -0.4 is 0 Å². The molecule has 1 rings (SSSR count). The summed E-state index contributed by atoms with van der Waals surface area (Å²) in [6.45, 7) is 3.32. The molecule has 20 heavy (non-hydrogen) atoms. The lowest BCUT2D eigenvalue weighted by Gasteiger charge is -2.26. The van der Waals surface area contributed by atoms with Crippen LogP contribution in [0.3, 0.4) is 0 Å². The first-order valence-electron chi connectivity index (χ1n) is 7.03. The van der Waals surface area contributed by atoms with E-state index in [9.17, 15) is 8.42 Å². The highest BCUT2D eigenvalue weighted by molar-refractivity contribution is 7.91. The molecule has 0 radical (unpaired) electrons. The van der Waals surface area contributed by atoms with E-state index in [0.717, 1.165) is 32.6 Å². The first kappa shape index (κ1) is 17.8. The van der Waals surface area contributed by atoms with E-state index in [0.29, 0.717) is 13.0 Å². The third-order valence-corrected chi connectivity index (χ3v) is 5.02. The molecule has 0 aromatic rings. The predicted octanol–water partition coefficient (Wildman–Crippen LogP) is 0.521. The molecule has 0 spiro atoms. The van der Waals surface area contributed by atoms with Crippen LogP contribution in [0.5, 0.6) is 0 Å². The zero-order valence-electron chi connectivity index (χ0n) is 12.7. The zero-order valence-corrected chi connectivity index (χ0v) is 13.5. The Balaban J connectivity index is 2.25. The van der Waals surface area contributed by atoms with Gasteiger partial charge in [0.15, 0.2) is 16.1 Å². The summed E-state index contributed by atoms with van der Waals surface area (Å²) in [5.74, 6) is 0. The van der Waals surface area contributed by atoms with E-state index in [-0.39, 0.29) is 12.9 Å². The Morgan fingerprint density at radius 1 is 1.30 bits per heavy atom. The second-order valence-corrected chi connectivity index (χ2v) is 7.64. The van der Waals surface area contributed by atoms with E-state index < -0.39 is 15.1 Å². The summed E-state index contributed by atoms with van der Waals surface area (Å²) in [4.78, 5) is 2.11. The number of sulfone groups is 1. The van der Waals surface area contributed by atoms with Gasteiger partial charge in [0.2, 0.25) is 0 Å². The van der Waals surface area contributed by atoms with Crippen LogP contribution in [0.1, 0.15) is 19.3 Å². The molecule has 1 unspecified atom stereocenters. The van der Waals surface area contributed by atoms with Crippen molar-refractivity contribution in [1.82, 2.24) is 4.90 Å². The number of nitrogens with zero attached hydrogens (tertiary/aromatic N) is 1. The van der Waals surface area contributed by atoms with Gasteiger partial charge < -0.3 is 19.1 Å². The summed E-state index contributed by atoms with van der Waals surface area (Å²) < 4.78 is 39.1. The van der Waals surface area contributed by atoms with Crippen LogP contribution >= 0.6 is 0 Å². The maximum absolute atomic E-state index is 11.6. The minimum Gasteiger partial charge on any atom is -0.383 e. The summed E-state index contributed by atoms with van der Waals surface area (Å²) in [6.07, 6.45) is 3.50. The lowest BCUT2D eigenvalue weighted by molar-refractivity contribution is -0.182. The molecule has 120 valence electrons. The first-order chi connectivity index (χ1) is 9.43. The molecule has 0 bridgehead atoms. The third kappa shape index (κ3) is 6.99. The summed E-state index contributed by atoms with van der Waals surface area (Å²) in [7, 11) is 0.449. The van der Waals surface area contributed by atoms with Gasteiger partial charge in [-0.2, -0.15) is 0 Å². The second kappa shape index (κ2) is 8.94. The number of ether oxygens (including phenoxy) is 3. The van der Waals surface area contributed by atoms with Crippen molar-refractivity contribution in [3.63, 3.8) is 0 Å². The molecular weight excluding hydrogens is 282 g/mol. The van der Waals surface area contributed by atoms with E-state index >= 15 is 0 Å². The Hall–Kier alpha value is -0.210. The predicted molar refractivity (Wildman–Crippen MR) is 77.5 cm³/mol. The van der Waals surface area contributed by atoms with Gasteiger partial charge in [0.25, 0.3) is 0 Å². The first-order valence-corrected chi connectivity index (χ1v) is 8.98. The molecule has 7 heteroatoms. The number of rotatable bonds is 9. The summed E-state index contributed by atoms with van der Waals surface area (Å²) in [5, 5.41) is -0.433. The fraction of sp³-hybridized carbons (Fsp3) is 1.00. The number of methoxy groups -OCH3 is 1. The van der Waals surface area contributed by atoms with Crippen molar-refractivity contribution in [2.45, 2.75) is 30.8 Å². The Bertz CT molecular complexity index is 354. The van der Waals surface area contributed by atoms with E-state index in [1.165, 1.54) is 13.4 Å². The van der Waals surface area contributed by atoms with Crippen molar-refractivity contribution < 1.29 is 22.6 Å². The molecule has 1 heterocycles. The Labute approximate surface area is 122 Å². The SMILES string of the molecule is COCC(CCN(C)CCC1OCCCO1)S(C)(=O)=O. The Kier molecular flexibility index (Phi) is 7.98. The molecule has 1 aliphatic heterocycles. The largest absolute Gasteiger partial charge is 0.383 e. The van der Waals surface area contributed by atoms with Crippen molar-refractivity contribution in [2.24, 2.45) is 0 Å². The van der Waals surface area contributed by atoms with Crippen LogP contribution in [0.2, 0.25) is 0 Å². The van der Waals surface area contributed by atoms with Crippen LogP contribution in [0.25, 0.3) is 0 Å². The van der Waals surface area contributed by atoms with Crippen molar-refractivity contribution in [2.75, 3.05) is 53.3 Å². The lowest BCUT2D eigenvalue weighted by Crippen LogP contribution is -2.33. The smallest absolute Gasteiger partial charge is 0.158 e. The molecular formula is C13H27NO5S. The molecule has 1 saturated heterocycles. The summed E-state index contributed by atoms with van der Waals surface area (Å²) in [5.41, 5.74) is 0. The molecule has 1 fully saturated rings. The molecule has 0 aromatic heterocycles.